The molecule has 1 amide bonds. The highest BCUT2D eigenvalue weighted by molar-refractivity contribution is 5.84. The number of rotatable bonds is 16. The van der Waals surface area contributed by atoms with Gasteiger partial charge in [0.1, 0.15) is 11.9 Å². The van der Waals surface area contributed by atoms with E-state index in [9.17, 15) is 19.7 Å². The maximum atomic E-state index is 13.1. The third kappa shape index (κ3) is 9.64. The zero-order chi connectivity index (χ0) is 30.5. The predicted molar refractivity (Wildman–Crippen MR) is 157 cm³/mol. The maximum absolute atomic E-state index is 13.1. The summed E-state index contributed by atoms with van der Waals surface area (Å²) in [5.74, 6) is 0.126. The lowest BCUT2D eigenvalue weighted by Crippen LogP contribution is -2.46. The lowest BCUT2D eigenvalue weighted by atomic mass is 9.98. The number of para-hydroxylation sites is 1. The molecule has 0 fully saturated rings. The van der Waals surface area contributed by atoms with E-state index in [0.29, 0.717) is 24.3 Å². The molecular weight excluding hydrogens is 540 g/mol. The zero-order valence-electron chi connectivity index (χ0n) is 24.4. The molecule has 3 rings (SSSR count). The number of pyridine rings is 1. The summed E-state index contributed by atoms with van der Waals surface area (Å²) in [4.78, 5) is 42.2. The van der Waals surface area contributed by atoms with Crippen molar-refractivity contribution in [3.05, 3.63) is 94.2 Å². The van der Waals surface area contributed by atoms with Crippen LogP contribution in [0.15, 0.2) is 72.9 Å². The van der Waals surface area contributed by atoms with Gasteiger partial charge in [-0.05, 0) is 30.0 Å². The SMILES string of the molecule is COC(=O)[C@H](COCc1ccccc1)N(C)C(=O)CC[C@H](NCc1cc(Oc2ccccc2)ncc1[N+](=O)[O-])C(C)C. The van der Waals surface area contributed by atoms with E-state index in [4.69, 9.17) is 14.2 Å². The normalized spacial score (nSPS) is 12.4. The molecule has 11 nitrogen and oxygen atoms in total. The first-order chi connectivity index (χ1) is 20.2. The Hall–Kier alpha value is -4.35. The number of carbonyl (C=O) groups excluding carboxylic acids is 2. The minimum Gasteiger partial charge on any atom is -0.467 e. The number of hydrogen-bond acceptors (Lipinski definition) is 9. The van der Waals surface area contributed by atoms with E-state index in [1.165, 1.54) is 18.2 Å². The van der Waals surface area contributed by atoms with Crippen molar-refractivity contribution in [2.45, 2.75) is 51.9 Å². The first-order valence-electron chi connectivity index (χ1n) is 13.7. The van der Waals surface area contributed by atoms with Crippen LogP contribution in [0.25, 0.3) is 0 Å². The van der Waals surface area contributed by atoms with Gasteiger partial charge in [0, 0.05) is 32.1 Å². The van der Waals surface area contributed by atoms with Gasteiger partial charge in [0.05, 0.1) is 30.8 Å². The monoisotopic (exact) mass is 578 g/mol. The summed E-state index contributed by atoms with van der Waals surface area (Å²) in [7, 11) is 2.83. The van der Waals surface area contributed by atoms with Crippen molar-refractivity contribution in [1.29, 1.82) is 0 Å². The van der Waals surface area contributed by atoms with Gasteiger partial charge in [0.2, 0.25) is 11.8 Å². The Morgan fingerprint density at radius 2 is 1.74 bits per heavy atom. The second kappa shape index (κ2) is 16.2. The first-order valence-corrected chi connectivity index (χ1v) is 13.7. The number of esters is 1. The number of aromatic nitrogens is 1. The Kier molecular flexibility index (Phi) is 12.4. The molecule has 1 heterocycles. The molecule has 0 saturated carbocycles. The van der Waals surface area contributed by atoms with Crippen molar-refractivity contribution in [2.75, 3.05) is 20.8 Å². The van der Waals surface area contributed by atoms with Gasteiger partial charge < -0.3 is 24.4 Å². The quantitative estimate of drug-likeness (QED) is 0.143. The van der Waals surface area contributed by atoms with E-state index in [0.717, 1.165) is 5.56 Å². The molecule has 0 spiro atoms. The summed E-state index contributed by atoms with van der Waals surface area (Å²) < 4.78 is 16.4. The lowest BCUT2D eigenvalue weighted by molar-refractivity contribution is -0.386. The fourth-order valence-electron chi connectivity index (χ4n) is 4.32. The van der Waals surface area contributed by atoms with Crippen LogP contribution in [0.3, 0.4) is 0 Å². The predicted octanol–water partition coefficient (Wildman–Crippen LogP) is 4.89. The molecule has 0 bridgehead atoms. The van der Waals surface area contributed by atoms with Crippen molar-refractivity contribution < 1.29 is 28.7 Å². The molecule has 1 aromatic heterocycles. The van der Waals surface area contributed by atoms with Crippen LogP contribution in [-0.2, 0) is 32.2 Å². The Bertz CT molecular complexity index is 1310. The molecule has 11 heteroatoms. The largest absolute Gasteiger partial charge is 0.467 e. The van der Waals surface area contributed by atoms with Gasteiger partial charge in [0.25, 0.3) is 5.69 Å². The zero-order valence-corrected chi connectivity index (χ0v) is 24.4. The van der Waals surface area contributed by atoms with Crippen molar-refractivity contribution in [3.63, 3.8) is 0 Å². The Morgan fingerprint density at radius 1 is 1.07 bits per heavy atom. The average molecular weight is 579 g/mol. The first kappa shape index (κ1) is 32.2. The van der Waals surface area contributed by atoms with E-state index >= 15 is 0 Å². The highest BCUT2D eigenvalue weighted by Crippen LogP contribution is 2.26. The standard InChI is InChI=1S/C31H38N4O7/c1-22(2)26(32-18-24-17-29(33-19-27(24)35(38)39)42-25-13-9-6-10-14-25)15-16-30(36)34(3)28(31(37)40-4)21-41-20-23-11-7-5-8-12-23/h5-14,17,19,22,26,28,32H,15-16,18,20-21H2,1-4H3/t26-,28-/m0/s1. The summed E-state index contributed by atoms with van der Waals surface area (Å²) in [6.45, 7) is 4.48. The van der Waals surface area contributed by atoms with E-state index in [1.54, 1.807) is 25.2 Å². The highest BCUT2D eigenvalue weighted by atomic mass is 16.6. The molecule has 0 aliphatic carbocycles. The highest BCUT2D eigenvalue weighted by Gasteiger charge is 2.29. The van der Waals surface area contributed by atoms with Crippen LogP contribution in [0.1, 0.15) is 37.8 Å². The number of carbonyl (C=O) groups is 2. The van der Waals surface area contributed by atoms with E-state index < -0.39 is 16.9 Å². The minimum atomic E-state index is -0.890. The van der Waals surface area contributed by atoms with Crippen LogP contribution in [-0.4, -0.2) is 59.5 Å². The maximum Gasteiger partial charge on any atom is 0.330 e. The van der Waals surface area contributed by atoms with Gasteiger partial charge in [-0.1, -0.05) is 62.4 Å². The number of hydrogen-bond donors (Lipinski definition) is 1. The number of likely N-dealkylation sites (N-methyl/N-ethyl adjacent to an activating group) is 1. The Morgan fingerprint density at radius 3 is 2.36 bits per heavy atom. The summed E-state index contributed by atoms with van der Waals surface area (Å²) in [6, 6.07) is 19.1. The van der Waals surface area contributed by atoms with E-state index in [-0.39, 0.29) is 49.0 Å². The third-order valence-electron chi connectivity index (χ3n) is 6.85. The van der Waals surface area contributed by atoms with Gasteiger partial charge >= 0.3 is 5.97 Å². The van der Waals surface area contributed by atoms with Crippen molar-refractivity contribution in [1.82, 2.24) is 15.2 Å². The third-order valence-corrected chi connectivity index (χ3v) is 6.85. The molecule has 0 aliphatic rings. The molecule has 3 aromatic rings. The summed E-state index contributed by atoms with van der Waals surface area (Å²) in [5, 5.41) is 15.0. The summed E-state index contributed by atoms with van der Waals surface area (Å²) >= 11 is 0. The molecule has 0 aliphatic heterocycles. The van der Waals surface area contributed by atoms with E-state index in [2.05, 4.69) is 10.3 Å². The van der Waals surface area contributed by atoms with Crippen LogP contribution in [0.4, 0.5) is 5.69 Å². The molecule has 1 N–H and O–H groups in total. The van der Waals surface area contributed by atoms with Crippen LogP contribution < -0.4 is 10.1 Å². The van der Waals surface area contributed by atoms with Crippen LogP contribution in [0.2, 0.25) is 0 Å². The van der Waals surface area contributed by atoms with Gasteiger partial charge in [-0.3, -0.25) is 14.9 Å². The Balaban J connectivity index is 1.61. The fourth-order valence-corrected chi connectivity index (χ4v) is 4.32. The van der Waals surface area contributed by atoms with Gasteiger partial charge in [-0.15, -0.1) is 0 Å². The molecule has 2 aromatic carbocycles. The van der Waals surface area contributed by atoms with E-state index in [1.807, 2.05) is 62.4 Å². The number of benzene rings is 2. The summed E-state index contributed by atoms with van der Waals surface area (Å²) in [6.07, 6.45) is 1.79. The molecule has 0 saturated heterocycles. The molecule has 2 atom stereocenters. The van der Waals surface area contributed by atoms with Gasteiger partial charge in [-0.2, -0.15) is 0 Å². The lowest BCUT2D eigenvalue weighted by Gasteiger charge is -2.28. The van der Waals surface area contributed by atoms with Crippen LogP contribution in [0.5, 0.6) is 11.6 Å². The van der Waals surface area contributed by atoms with Crippen molar-refractivity contribution in [2.24, 2.45) is 5.92 Å². The number of nitrogens with one attached hydrogen (secondary N) is 1. The molecule has 0 radical (unpaired) electrons. The molecular formula is C31H38N4O7. The minimum absolute atomic E-state index is 0.00520. The smallest absolute Gasteiger partial charge is 0.330 e. The molecule has 0 unspecified atom stereocenters. The topological polar surface area (TPSA) is 133 Å². The fraction of sp³-hybridized carbons (Fsp3) is 0.387. The van der Waals surface area contributed by atoms with Gasteiger partial charge in [0.15, 0.2) is 6.04 Å². The average Bonchev–Trinajstić information content (AvgIpc) is 2.99. The molecule has 42 heavy (non-hydrogen) atoms. The van der Waals surface area contributed by atoms with Crippen LogP contribution in [0, 0.1) is 16.0 Å². The number of ether oxygens (including phenoxy) is 3. The second-order valence-corrected chi connectivity index (χ2v) is 10.1. The second-order valence-electron chi connectivity index (χ2n) is 10.1. The van der Waals surface area contributed by atoms with Crippen molar-refractivity contribution >= 4 is 17.6 Å². The van der Waals surface area contributed by atoms with Gasteiger partial charge in [-0.25, -0.2) is 9.78 Å². The number of amides is 1. The number of methoxy groups -OCH3 is 1. The van der Waals surface area contributed by atoms with Crippen molar-refractivity contribution in [3.8, 4) is 11.6 Å². The van der Waals surface area contributed by atoms with Crippen LogP contribution >= 0.6 is 0 Å². The summed E-state index contributed by atoms with van der Waals surface area (Å²) in [5.41, 5.74) is 1.24. The number of nitro groups is 1. The number of nitrogens with zero attached hydrogens (tertiary/aromatic N) is 3. The Labute approximate surface area is 246 Å². The molecule has 224 valence electrons.